The minimum atomic E-state index is -0.669. The summed E-state index contributed by atoms with van der Waals surface area (Å²) in [5.41, 5.74) is 2.40. The number of thiophene rings is 1. The minimum absolute atomic E-state index is 0.0777. The molecule has 0 unspecified atom stereocenters. The summed E-state index contributed by atoms with van der Waals surface area (Å²) < 4.78 is 15.2. The number of aryl methyl sites for hydroxylation is 1. The molecule has 0 spiro atoms. The van der Waals surface area contributed by atoms with Gasteiger partial charge < -0.3 is 24.5 Å². The number of anilines is 1. The van der Waals surface area contributed by atoms with Crippen LogP contribution in [0.4, 0.5) is 5.00 Å². The average molecular weight is 487 g/mol. The fraction of sp³-hybridized carbons (Fsp3) is 0.333. The highest BCUT2D eigenvalue weighted by Gasteiger charge is 2.27. The number of ether oxygens (including phenoxy) is 3. The summed E-state index contributed by atoms with van der Waals surface area (Å²) in [6, 6.07) is 7.76. The van der Waals surface area contributed by atoms with Gasteiger partial charge in [0.25, 0.3) is 5.91 Å². The number of hydrogen-bond donors (Lipinski definition) is 2. The molecule has 0 radical (unpaired) electrons. The highest BCUT2D eigenvalue weighted by molar-refractivity contribution is 7.18. The Bertz CT molecular complexity index is 1210. The summed E-state index contributed by atoms with van der Waals surface area (Å²) in [4.78, 5) is 52.6. The van der Waals surface area contributed by atoms with E-state index in [0.717, 1.165) is 27.8 Å². The van der Waals surface area contributed by atoms with E-state index in [4.69, 9.17) is 14.2 Å². The Labute approximate surface area is 200 Å². The molecule has 0 aliphatic heterocycles. The van der Waals surface area contributed by atoms with Gasteiger partial charge in [-0.05, 0) is 44.4 Å². The van der Waals surface area contributed by atoms with Gasteiger partial charge in [0.2, 0.25) is 0 Å². The first-order valence-electron chi connectivity index (χ1n) is 10.8. The Morgan fingerprint density at radius 3 is 2.44 bits per heavy atom. The van der Waals surface area contributed by atoms with Crippen molar-refractivity contribution in [1.29, 1.82) is 0 Å². The monoisotopic (exact) mass is 486 g/mol. The number of carbonyl (C=O) groups is 4. The molecule has 1 amide bonds. The standard InChI is InChI=1S/C24H26N2O7S/c1-4-31-23(29)20-14(3)21(24(30)32-5-2)34-22(20)26-18(27)13-33-19(28)11-10-15-12-25-17-9-7-6-8-16(15)17/h6-9,12,25H,4-5,10-11,13H2,1-3H3,(H,26,27). The van der Waals surface area contributed by atoms with Crippen LogP contribution in [-0.2, 0) is 30.2 Å². The molecule has 0 bridgehead atoms. The second-order valence-corrected chi connectivity index (χ2v) is 8.29. The maximum atomic E-state index is 12.4. The van der Waals surface area contributed by atoms with Gasteiger partial charge >= 0.3 is 17.9 Å². The highest BCUT2D eigenvalue weighted by Crippen LogP contribution is 2.34. The van der Waals surface area contributed by atoms with E-state index in [1.165, 1.54) is 0 Å². The molecule has 2 heterocycles. The third kappa shape index (κ3) is 5.82. The topological polar surface area (TPSA) is 124 Å². The number of aromatic amines is 1. The number of amides is 1. The molecular weight excluding hydrogens is 460 g/mol. The number of fused-ring (bicyclic) bond motifs is 1. The van der Waals surface area contributed by atoms with Gasteiger partial charge in [-0.1, -0.05) is 18.2 Å². The predicted octanol–water partition coefficient (Wildman–Crippen LogP) is 4.01. The summed E-state index contributed by atoms with van der Waals surface area (Å²) in [7, 11) is 0. The molecule has 0 atom stereocenters. The fourth-order valence-corrected chi connectivity index (χ4v) is 4.50. The minimum Gasteiger partial charge on any atom is -0.462 e. The average Bonchev–Trinajstić information content (AvgIpc) is 3.37. The van der Waals surface area contributed by atoms with E-state index >= 15 is 0 Å². The maximum Gasteiger partial charge on any atom is 0.348 e. The van der Waals surface area contributed by atoms with Crippen LogP contribution in [0.15, 0.2) is 30.5 Å². The van der Waals surface area contributed by atoms with Gasteiger partial charge in [-0.2, -0.15) is 0 Å². The first kappa shape index (κ1) is 25.0. The molecule has 0 saturated heterocycles. The van der Waals surface area contributed by atoms with Gasteiger partial charge in [0, 0.05) is 23.5 Å². The van der Waals surface area contributed by atoms with Crippen LogP contribution in [0.2, 0.25) is 0 Å². The van der Waals surface area contributed by atoms with E-state index in [0.29, 0.717) is 12.0 Å². The number of carbonyl (C=O) groups excluding carboxylic acids is 4. The van der Waals surface area contributed by atoms with E-state index in [2.05, 4.69) is 10.3 Å². The molecule has 9 nitrogen and oxygen atoms in total. The number of para-hydroxylation sites is 1. The molecule has 34 heavy (non-hydrogen) atoms. The third-order valence-electron chi connectivity index (χ3n) is 4.98. The number of nitrogens with one attached hydrogen (secondary N) is 2. The Kier molecular flexibility index (Phi) is 8.42. The number of hydrogen-bond acceptors (Lipinski definition) is 8. The number of rotatable bonds is 10. The van der Waals surface area contributed by atoms with Gasteiger partial charge in [0.05, 0.1) is 18.8 Å². The zero-order chi connectivity index (χ0) is 24.7. The first-order chi connectivity index (χ1) is 16.3. The quantitative estimate of drug-likeness (QED) is 0.328. The molecule has 2 aromatic heterocycles. The van der Waals surface area contributed by atoms with Gasteiger partial charge in [0.15, 0.2) is 6.61 Å². The largest absolute Gasteiger partial charge is 0.462 e. The van der Waals surface area contributed by atoms with Gasteiger partial charge in [-0.3, -0.25) is 9.59 Å². The summed E-state index contributed by atoms with van der Waals surface area (Å²) in [6.45, 7) is 4.67. The van der Waals surface area contributed by atoms with Gasteiger partial charge in [0.1, 0.15) is 9.88 Å². The van der Waals surface area contributed by atoms with Crippen molar-refractivity contribution >= 4 is 51.1 Å². The van der Waals surface area contributed by atoms with Crippen molar-refractivity contribution in [3.63, 3.8) is 0 Å². The molecule has 0 fully saturated rings. The number of esters is 3. The van der Waals surface area contributed by atoms with Crippen molar-refractivity contribution in [3.05, 3.63) is 52.0 Å². The molecule has 3 aromatic rings. The molecule has 2 N–H and O–H groups in total. The lowest BCUT2D eigenvalue weighted by Gasteiger charge is -2.08. The van der Waals surface area contributed by atoms with Crippen LogP contribution in [-0.4, -0.2) is 48.6 Å². The summed E-state index contributed by atoms with van der Waals surface area (Å²) >= 11 is 0.909. The molecule has 0 aliphatic rings. The molecular formula is C24H26N2O7S. The molecule has 0 aliphatic carbocycles. The Balaban J connectivity index is 1.61. The number of aromatic nitrogens is 1. The predicted molar refractivity (Wildman–Crippen MR) is 127 cm³/mol. The first-order valence-corrected chi connectivity index (χ1v) is 11.6. The van der Waals surface area contributed by atoms with Crippen molar-refractivity contribution in [3.8, 4) is 0 Å². The van der Waals surface area contributed by atoms with Gasteiger partial charge in [-0.25, -0.2) is 9.59 Å². The lowest BCUT2D eigenvalue weighted by Crippen LogP contribution is -2.22. The molecule has 0 saturated carbocycles. The second-order valence-electron chi connectivity index (χ2n) is 7.27. The SMILES string of the molecule is CCOC(=O)c1sc(NC(=O)COC(=O)CCc2c[nH]c3ccccc23)c(C(=O)OCC)c1C. The van der Waals surface area contributed by atoms with Crippen LogP contribution >= 0.6 is 11.3 Å². The summed E-state index contributed by atoms with van der Waals surface area (Å²) in [5, 5.41) is 3.72. The van der Waals surface area contributed by atoms with Crippen LogP contribution in [0.5, 0.6) is 0 Å². The van der Waals surface area contributed by atoms with Crippen molar-refractivity contribution in [2.75, 3.05) is 25.1 Å². The van der Waals surface area contributed by atoms with Gasteiger partial charge in [-0.15, -0.1) is 11.3 Å². The van der Waals surface area contributed by atoms with Crippen molar-refractivity contribution in [2.24, 2.45) is 0 Å². The maximum absolute atomic E-state index is 12.4. The summed E-state index contributed by atoms with van der Waals surface area (Å²) in [6.07, 6.45) is 2.42. The molecule has 1 aromatic carbocycles. The van der Waals surface area contributed by atoms with Crippen molar-refractivity contribution < 1.29 is 33.4 Å². The van der Waals surface area contributed by atoms with Crippen molar-refractivity contribution in [1.82, 2.24) is 4.98 Å². The van der Waals surface area contributed by atoms with E-state index in [1.54, 1.807) is 20.8 Å². The smallest absolute Gasteiger partial charge is 0.348 e. The zero-order valence-electron chi connectivity index (χ0n) is 19.2. The lowest BCUT2D eigenvalue weighted by molar-refractivity contribution is -0.147. The van der Waals surface area contributed by atoms with E-state index in [1.807, 2.05) is 30.5 Å². The normalized spacial score (nSPS) is 10.7. The van der Waals surface area contributed by atoms with Crippen LogP contribution in [0.1, 0.15) is 51.4 Å². The Morgan fingerprint density at radius 1 is 1.00 bits per heavy atom. The number of benzene rings is 1. The van der Waals surface area contributed by atoms with Crippen LogP contribution in [0, 0.1) is 6.92 Å². The Morgan fingerprint density at radius 2 is 1.71 bits per heavy atom. The fourth-order valence-electron chi connectivity index (χ4n) is 3.40. The lowest BCUT2D eigenvalue weighted by atomic mass is 10.1. The Hall–Kier alpha value is -3.66. The van der Waals surface area contributed by atoms with E-state index < -0.39 is 30.4 Å². The van der Waals surface area contributed by atoms with E-state index in [-0.39, 0.29) is 35.1 Å². The third-order valence-corrected chi connectivity index (χ3v) is 6.17. The summed E-state index contributed by atoms with van der Waals surface area (Å²) in [5.74, 6) is -2.43. The molecule has 180 valence electrons. The van der Waals surface area contributed by atoms with Crippen molar-refractivity contribution in [2.45, 2.75) is 33.6 Å². The van der Waals surface area contributed by atoms with E-state index in [9.17, 15) is 19.2 Å². The van der Waals surface area contributed by atoms with Crippen LogP contribution in [0.3, 0.4) is 0 Å². The number of H-pyrrole nitrogens is 1. The highest BCUT2D eigenvalue weighted by atomic mass is 32.1. The second kappa shape index (κ2) is 11.5. The van der Waals surface area contributed by atoms with Crippen LogP contribution in [0.25, 0.3) is 10.9 Å². The molecule has 3 rings (SSSR count). The van der Waals surface area contributed by atoms with Crippen LogP contribution < -0.4 is 5.32 Å². The molecule has 10 heteroatoms. The zero-order valence-corrected chi connectivity index (χ0v) is 20.0.